The number of aromatic amines is 1. The fraction of sp³-hybridized carbons (Fsp3) is 0.333. The van der Waals surface area contributed by atoms with E-state index in [2.05, 4.69) is 10.3 Å². The number of amides is 2. The molecule has 1 aromatic heterocycles. The summed E-state index contributed by atoms with van der Waals surface area (Å²) in [7, 11) is 3.96. The Labute approximate surface area is 222 Å². The van der Waals surface area contributed by atoms with Crippen molar-refractivity contribution in [2.24, 2.45) is 0 Å². The van der Waals surface area contributed by atoms with Crippen LogP contribution in [0.15, 0.2) is 48.3 Å². The fourth-order valence-electron chi connectivity index (χ4n) is 4.78. The van der Waals surface area contributed by atoms with E-state index in [1.807, 2.05) is 32.8 Å². The van der Waals surface area contributed by atoms with Crippen LogP contribution in [0.3, 0.4) is 0 Å². The third-order valence-corrected chi connectivity index (χ3v) is 7.09. The molecule has 8 heteroatoms. The predicted octanol–water partition coefficient (Wildman–Crippen LogP) is 5.22. The maximum Gasteiger partial charge on any atom is 0.256 e. The minimum atomic E-state index is -1.43. The Bertz CT molecular complexity index is 1350. The molecule has 2 heterocycles. The third kappa shape index (κ3) is 5.86. The van der Waals surface area contributed by atoms with E-state index in [-0.39, 0.29) is 11.5 Å². The first-order valence-corrected chi connectivity index (χ1v) is 12.8. The molecule has 2 aromatic rings. The number of halogens is 2. The molecule has 0 saturated carbocycles. The van der Waals surface area contributed by atoms with Crippen LogP contribution in [0, 0.1) is 13.8 Å². The number of anilines is 1. The molecule has 4 rings (SSSR count). The number of benzene rings is 1. The molecule has 2 amide bonds. The standard InChI is InChI=1S/C30H34F2N4O2/c1-19-20(2)28(33-26(19)12-7-13-36(18-37)15-14-35(3)4)17-24-29-22(9-6-11-27(29)34-30(24)38)23-16-21(31)8-5-10-25(23)32/h5-6,8-11,16-18,21,33H,7,12-15H2,1-4H3,(H,34,38)/b24-17-. The number of aryl methyl sites for hydroxylation is 1. The molecule has 200 valence electrons. The minimum absolute atomic E-state index is 0.121. The number of rotatable bonds is 10. The Morgan fingerprint density at radius 3 is 2.63 bits per heavy atom. The van der Waals surface area contributed by atoms with Gasteiger partial charge in [0.05, 0.1) is 5.57 Å². The zero-order chi connectivity index (χ0) is 27.4. The normalized spacial score (nSPS) is 17.8. The van der Waals surface area contributed by atoms with E-state index in [9.17, 15) is 18.4 Å². The predicted molar refractivity (Wildman–Crippen MR) is 149 cm³/mol. The number of nitrogens with zero attached hydrogens (tertiary/aromatic N) is 2. The number of hydrogen-bond acceptors (Lipinski definition) is 3. The first kappa shape index (κ1) is 27.3. The first-order valence-electron chi connectivity index (χ1n) is 12.8. The van der Waals surface area contributed by atoms with E-state index in [4.69, 9.17) is 0 Å². The molecule has 0 radical (unpaired) electrons. The van der Waals surface area contributed by atoms with E-state index in [0.717, 1.165) is 48.3 Å². The lowest BCUT2D eigenvalue weighted by molar-refractivity contribution is -0.118. The van der Waals surface area contributed by atoms with Gasteiger partial charge in [-0.05, 0) is 87.8 Å². The molecular formula is C30H34F2N4O2. The molecule has 2 aliphatic rings. The van der Waals surface area contributed by atoms with Crippen molar-refractivity contribution >= 4 is 35.2 Å². The van der Waals surface area contributed by atoms with Gasteiger partial charge in [0.1, 0.15) is 12.0 Å². The third-order valence-electron chi connectivity index (χ3n) is 7.09. The molecule has 0 saturated heterocycles. The molecule has 1 aliphatic carbocycles. The van der Waals surface area contributed by atoms with Crippen LogP contribution >= 0.6 is 0 Å². The highest BCUT2D eigenvalue weighted by molar-refractivity contribution is 6.36. The molecule has 0 spiro atoms. The van der Waals surface area contributed by atoms with Gasteiger partial charge in [-0.1, -0.05) is 18.2 Å². The van der Waals surface area contributed by atoms with Crippen molar-refractivity contribution < 1.29 is 18.4 Å². The summed E-state index contributed by atoms with van der Waals surface area (Å²) in [6.45, 7) is 6.17. The van der Waals surface area contributed by atoms with Crippen molar-refractivity contribution in [3.05, 3.63) is 82.0 Å². The van der Waals surface area contributed by atoms with Crippen molar-refractivity contribution in [1.82, 2.24) is 14.8 Å². The van der Waals surface area contributed by atoms with Crippen LogP contribution in [0.1, 0.15) is 40.1 Å². The highest BCUT2D eigenvalue weighted by atomic mass is 19.1. The number of nitrogens with one attached hydrogen (secondary N) is 2. The number of fused-ring (bicyclic) bond motifs is 1. The number of alkyl halides is 1. The number of H-pyrrole nitrogens is 1. The summed E-state index contributed by atoms with van der Waals surface area (Å²) in [5, 5.41) is 2.86. The zero-order valence-electron chi connectivity index (χ0n) is 22.3. The van der Waals surface area contributed by atoms with Gasteiger partial charge in [-0.15, -0.1) is 0 Å². The second-order valence-corrected chi connectivity index (χ2v) is 9.98. The molecule has 1 aliphatic heterocycles. The number of allylic oxidation sites excluding steroid dienone is 6. The molecule has 2 N–H and O–H groups in total. The highest BCUT2D eigenvalue weighted by Crippen LogP contribution is 2.41. The summed E-state index contributed by atoms with van der Waals surface area (Å²) in [6, 6.07) is 5.19. The monoisotopic (exact) mass is 520 g/mol. The lowest BCUT2D eigenvalue weighted by Crippen LogP contribution is -2.31. The van der Waals surface area contributed by atoms with Gasteiger partial charge in [-0.3, -0.25) is 9.59 Å². The van der Waals surface area contributed by atoms with Crippen molar-refractivity contribution in [1.29, 1.82) is 0 Å². The Balaban J connectivity index is 1.62. The number of likely N-dealkylation sites (N-methyl/N-ethyl adjacent to an activating group) is 1. The molecule has 38 heavy (non-hydrogen) atoms. The van der Waals surface area contributed by atoms with Gasteiger partial charge in [-0.2, -0.15) is 0 Å². The van der Waals surface area contributed by atoms with E-state index in [0.29, 0.717) is 35.5 Å². The van der Waals surface area contributed by atoms with Gasteiger partial charge in [0.2, 0.25) is 6.41 Å². The Kier molecular flexibility index (Phi) is 8.42. The molecule has 0 fully saturated rings. The van der Waals surface area contributed by atoms with Crippen molar-refractivity contribution in [2.75, 3.05) is 39.0 Å². The number of hydrogen-bond donors (Lipinski definition) is 2. The number of aromatic nitrogens is 1. The molecule has 1 unspecified atom stereocenters. The van der Waals surface area contributed by atoms with Crippen LogP contribution in [0.4, 0.5) is 14.5 Å². The average Bonchev–Trinajstić information content (AvgIpc) is 3.27. The van der Waals surface area contributed by atoms with Crippen molar-refractivity contribution in [3.63, 3.8) is 0 Å². The summed E-state index contributed by atoms with van der Waals surface area (Å²) in [4.78, 5) is 31.7. The smallest absolute Gasteiger partial charge is 0.256 e. The van der Waals surface area contributed by atoms with Crippen molar-refractivity contribution in [2.45, 2.75) is 32.9 Å². The fourth-order valence-corrected chi connectivity index (χ4v) is 4.78. The highest BCUT2D eigenvalue weighted by Gasteiger charge is 2.29. The number of carbonyl (C=O) groups excluding carboxylic acids is 2. The molecule has 1 atom stereocenters. The van der Waals surface area contributed by atoms with Gasteiger partial charge in [0.15, 0.2) is 0 Å². The molecule has 0 bridgehead atoms. The maximum atomic E-state index is 14.9. The molecular weight excluding hydrogens is 486 g/mol. The summed E-state index contributed by atoms with van der Waals surface area (Å²) in [6.07, 6.45) is 7.90. The second kappa shape index (κ2) is 11.7. The topological polar surface area (TPSA) is 68.4 Å². The van der Waals surface area contributed by atoms with Gasteiger partial charge in [-0.25, -0.2) is 8.78 Å². The Hall–Kier alpha value is -3.78. The van der Waals surface area contributed by atoms with Crippen LogP contribution in [0.5, 0.6) is 0 Å². The van der Waals surface area contributed by atoms with Gasteiger partial charge in [0.25, 0.3) is 5.91 Å². The second-order valence-electron chi connectivity index (χ2n) is 9.98. The van der Waals surface area contributed by atoms with Crippen LogP contribution < -0.4 is 5.32 Å². The van der Waals surface area contributed by atoms with Gasteiger partial charge in [0, 0.05) is 47.8 Å². The van der Waals surface area contributed by atoms with E-state index < -0.39 is 12.0 Å². The lowest BCUT2D eigenvalue weighted by atomic mass is 9.92. The average molecular weight is 521 g/mol. The SMILES string of the molecule is Cc1c(/C=C2\C(=O)Nc3cccc(C4=CC(F)C=CC=C4F)c32)[nH]c(CCCN(C=O)CCN(C)C)c1C. The largest absolute Gasteiger partial charge is 0.358 e. The summed E-state index contributed by atoms with van der Waals surface area (Å²) in [5.74, 6) is -0.852. The summed E-state index contributed by atoms with van der Waals surface area (Å²) < 4.78 is 29.2. The van der Waals surface area contributed by atoms with E-state index >= 15 is 0 Å². The van der Waals surface area contributed by atoms with Crippen LogP contribution in [0.25, 0.3) is 17.2 Å². The summed E-state index contributed by atoms with van der Waals surface area (Å²) in [5.41, 5.74) is 6.04. The Morgan fingerprint density at radius 1 is 1.11 bits per heavy atom. The Morgan fingerprint density at radius 2 is 1.89 bits per heavy atom. The quantitative estimate of drug-likeness (QED) is 0.333. The van der Waals surface area contributed by atoms with Crippen LogP contribution in [-0.2, 0) is 16.0 Å². The molecule has 1 aromatic carbocycles. The molecule has 6 nitrogen and oxygen atoms in total. The van der Waals surface area contributed by atoms with E-state index in [1.165, 1.54) is 24.3 Å². The van der Waals surface area contributed by atoms with Crippen LogP contribution in [-0.4, -0.2) is 67.0 Å². The van der Waals surface area contributed by atoms with Gasteiger partial charge >= 0.3 is 0 Å². The number of carbonyl (C=O) groups is 2. The maximum absolute atomic E-state index is 14.9. The first-order chi connectivity index (χ1) is 18.2. The van der Waals surface area contributed by atoms with Gasteiger partial charge < -0.3 is 20.1 Å². The van der Waals surface area contributed by atoms with Crippen LogP contribution in [0.2, 0.25) is 0 Å². The van der Waals surface area contributed by atoms with E-state index in [1.54, 1.807) is 29.2 Å². The summed E-state index contributed by atoms with van der Waals surface area (Å²) >= 11 is 0. The zero-order valence-corrected chi connectivity index (χ0v) is 22.3. The minimum Gasteiger partial charge on any atom is -0.358 e. The lowest BCUT2D eigenvalue weighted by Gasteiger charge is -2.19. The van der Waals surface area contributed by atoms with Crippen molar-refractivity contribution in [3.8, 4) is 0 Å².